The lowest BCUT2D eigenvalue weighted by atomic mass is 9.75. The molecule has 1 unspecified atom stereocenters. The molecular formula is C15H20ClN5. The highest BCUT2D eigenvalue weighted by Crippen LogP contribution is 2.42. The van der Waals surface area contributed by atoms with Crippen LogP contribution in [0.4, 0.5) is 5.69 Å². The molecule has 1 saturated carbocycles. The number of halogens is 1. The van der Waals surface area contributed by atoms with E-state index in [4.69, 9.17) is 17.3 Å². The topological polar surface area (TPSA) is 69.6 Å². The van der Waals surface area contributed by atoms with Gasteiger partial charge in [-0.25, -0.2) is 4.68 Å². The molecule has 0 spiro atoms. The van der Waals surface area contributed by atoms with Crippen molar-refractivity contribution in [2.75, 3.05) is 5.73 Å². The molecule has 0 aliphatic heterocycles. The Bertz CT molecular complexity index is 649. The van der Waals surface area contributed by atoms with Crippen LogP contribution in [0.1, 0.15) is 45.6 Å². The molecule has 1 aliphatic carbocycles. The van der Waals surface area contributed by atoms with Crippen LogP contribution in [0.25, 0.3) is 11.4 Å². The van der Waals surface area contributed by atoms with Crippen LogP contribution in [-0.2, 0) is 0 Å². The van der Waals surface area contributed by atoms with Gasteiger partial charge >= 0.3 is 0 Å². The van der Waals surface area contributed by atoms with Crippen LogP contribution in [0.2, 0.25) is 5.02 Å². The molecule has 5 nitrogen and oxygen atoms in total. The number of nitrogens with two attached hydrogens (primary N) is 1. The summed E-state index contributed by atoms with van der Waals surface area (Å²) in [7, 11) is 0. The summed E-state index contributed by atoms with van der Waals surface area (Å²) in [6.45, 7) is 4.61. The van der Waals surface area contributed by atoms with Crippen LogP contribution in [0.15, 0.2) is 18.2 Å². The molecule has 0 bridgehead atoms. The fraction of sp³-hybridized carbons (Fsp3) is 0.533. The maximum Gasteiger partial charge on any atom is 0.183 e. The second-order valence-electron chi connectivity index (χ2n) is 6.60. The fourth-order valence-electron chi connectivity index (χ4n) is 3.20. The van der Waals surface area contributed by atoms with Gasteiger partial charge in [-0.2, -0.15) is 0 Å². The summed E-state index contributed by atoms with van der Waals surface area (Å²) in [4.78, 5) is 0. The van der Waals surface area contributed by atoms with Crippen molar-refractivity contribution in [3.05, 3.63) is 23.2 Å². The van der Waals surface area contributed by atoms with Gasteiger partial charge in [0.2, 0.25) is 0 Å². The van der Waals surface area contributed by atoms with Crippen molar-refractivity contribution in [3.8, 4) is 11.4 Å². The molecule has 1 aliphatic rings. The zero-order chi connectivity index (χ0) is 15.0. The first kappa shape index (κ1) is 14.3. The molecule has 2 aromatic rings. The quantitative estimate of drug-likeness (QED) is 0.859. The van der Waals surface area contributed by atoms with E-state index in [-0.39, 0.29) is 0 Å². The van der Waals surface area contributed by atoms with Gasteiger partial charge in [0.1, 0.15) is 0 Å². The van der Waals surface area contributed by atoms with Crippen molar-refractivity contribution in [1.29, 1.82) is 0 Å². The van der Waals surface area contributed by atoms with Crippen LogP contribution < -0.4 is 5.73 Å². The van der Waals surface area contributed by atoms with Gasteiger partial charge in [0.05, 0.1) is 11.1 Å². The number of nitrogen functional groups attached to an aromatic ring is 1. The van der Waals surface area contributed by atoms with Crippen LogP contribution in [0, 0.1) is 5.41 Å². The van der Waals surface area contributed by atoms with Crippen molar-refractivity contribution in [1.82, 2.24) is 20.2 Å². The van der Waals surface area contributed by atoms with Gasteiger partial charge in [-0.3, -0.25) is 0 Å². The second kappa shape index (κ2) is 5.30. The Morgan fingerprint density at radius 2 is 2.19 bits per heavy atom. The Morgan fingerprint density at radius 1 is 1.38 bits per heavy atom. The molecule has 0 amide bonds. The van der Waals surface area contributed by atoms with Crippen molar-refractivity contribution < 1.29 is 0 Å². The largest absolute Gasteiger partial charge is 0.399 e. The minimum Gasteiger partial charge on any atom is -0.399 e. The molecule has 0 saturated heterocycles. The third-order valence-electron chi connectivity index (χ3n) is 4.25. The van der Waals surface area contributed by atoms with Crippen molar-refractivity contribution >= 4 is 17.3 Å². The predicted octanol–water partition coefficient (Wildman–Crippen LogP) is 3.72. The lowest BCUT2D eigenvalue weighted by molar-refractivity contribution is 0.174. The van der Waals surface area contributed by atoms with Gasteiger partial charge in [-0.15, -0.1) is 5.10 Å². The van der Waals surface area contributed by atoms with Crippen LogP contribution in [0.3, 0.4) is 0 Å². The van der Waals surface area contributed by atoms with Gasteiger partial charge < -0.3 is 5.73 Å². The summed E-state index contributed by atoms with van der Waals surface area (Å²) in [5.41, 5.74) is 7.56. The smallest absolute Gasteiger partial charge is 0.183 e. The maximum atomic E-state index is 6.30. The van der Waals surface area contributed by atoms with E-state index in [1.54, 1.807) is 6.07 Å². The lowest BCUT2D eigenvalue weighted by Crippen LogP contribution is -2.26. The van der Waals surface area contributed by atoms with Gasteiger partial charge in [0.25, 0.3) is 0 Å². The number of benzene rings is 1. The van der Waals surface area contributed by atoms with E-state index in [0.717, 1.165) is 24.2 Å². The Morgan fingerprint density at radius 3 is 2.90 bits per heavy atom. The number of rotatable bonds is 2. The Balaban J connectivity index is 1.97. The number of hydrogen-bond acceptors (Lipinski definition) is 4. The molecule has 1 aromatic carbocycles. The Hall–Kier alpha value is -1.62. The SMILES string of the molecule is CC1(C)CCCC(n2nnnc2-c2ccc(N)cc2Cl)C1. The molecule has 21 heavy (non-hydrogen) atoms. The number of anilines is 1. The highest BCUT2D eigenvalue weighted by atomic mass is 35.5. The zero-order valence-corrected chi connectivity index (χ0v) is 13.1. The average Bonchev–Trinajstić information content (AvgIpc) is 2.86. The second-order valence-corrected chi connectivity index (χ2v) is 7.01. The molecule has 0 radical (unpaired) electrons. The first-order valence-electron chi connectivity index (χ1n) is 7.29. The van der Waals surface area contributed by atoms with Gasteiger partial charge in [0, 0.05) is 11.3 Å². The van der Waals surface area contributed by atoms with Crippen LogP contribution in [0.5, 0.6) is 0 Å². The molecule has 2 N–H and O–H groups in total. The monoisotopic (exact) mass is 305 g/mol. The zero-order valence-electron chi connectivity index (χ0n) is 12.4. The maximum absolute atomic E-state index is 6.30. The number of tetrazole rings is 1. The molecular weight excluding hydrogens is 286 g/mol. The molecule has 6 heteroatoms. The van der Waals surface area contributed by atoms with Gasteiger partial charge in [0.15, 0.2) is 5.82 Å². The Labute approximate surface area is 129 Å². The molecule has 1 fully saturated rings. The molecule has 1 heterocycles. The lowest BCUT2D eigenvalue weighted by Gasteiger charge is -2.35. The summed E-state index contributed by atoms with van der Waals surface area (Å²) in [5, 5.41) is 12.8. The van der Waals surface area contributed by atoms with Gasteiger partial charge in [-0.1, -0.05) is 31.9 Å². The third-order valence-corrected chi connectivity index (χ3v) is 4.56. The fourth-order valence-corrected chi connectivity index (χ4v) is 3.47. The van der Waals surface area contributed by atoms with Crippen molar-refractivity contribution in [3.63, 3.8) is 0 Å². The molecule has 1 atom stereocenters. The molecule has 112 valence electrons. The standard InChI is InChI=1S/C15H20ClN5/c1-15(2)7-3-4-11(9-15)21-14(18-19-20-21)12-6-5-10(17)8-13(12)16/h5-6,8,11H,3-4,7,9,17H2,1-2H3. The predicted molar refractivity (Wildman–Crippen MR) is 84.0 cm³/mol. The minimum atomic E-state index is 0.326. The average molecular weight is 306 g/mol. The van der Waals surface area contributed by atoms with Crippen molar-refractivity contribution in [2.24, 2.45) is 5.41 Å². The van der Waals surface area contributed by atoms with E-state index < -0.39 is 0 Å². The number of aromatic nitrogens is 4. The summed E-state index contributed by atoms with van der Waals surface area (Å²) >= 11 is 6.30. The summed E-state index contributed by atoms with van der Waals surface area (Å²) in [6, 6.07) is 5.77. The summed E-state index contributed by atoms with van der Waals surface area (Å²) in [5.74, 6) is 0.725. The third kappa shape index (κ3) is 2.88. The van der Waals surface area contributed by atoms with E-state index in [9.17, 15) is 0 Å². The Kier molecular flexibility index (Phi) is 3.61. The van der Waals surface area contributed by atoms with E-state index in [2.05, 4.69) is 29.4 Å². The van der Waals surface area contributed by atoms with E-state index in [1.807, 2.05) is 16.8 Å². The van der Waals surface area contributed by atoms with Crippen LogP contribution >= 0.6 is 11.6 Å². The highest BCUT2D eigenvalue weighted by Gasteiger charge is 2.31. The summed E-state index contributed by atoms with van der Waals surface area (Å²) in [6.07, 6.45) is 4.64. The first-order valence-corrected chi connectivity index (χ1v) is 7.67. The molecule has 3 rings (SSSR count). The van der Waals surface area contributed by atoms with Crippen LogP contribution in [-0.4, -0.2) is 20.2 Å². The summed E-state index contributed by atoms with van der Waals surface area (Å²) < 4.78 is 1.93. The normalized spacial score (nSPS) is 21.4. The number of hydrogen-bond donors (Lipinski definition) is 1. The van der Waals surface area contributed by atoms with E-state index in [1.165, 1.54) is 12.8 Å². The van der Waals surface area contributed by atoms with Crippen molar-refractivity contribution in [2.45, 2.75) is 45.6 Å². The minimum absolute atomic E-state index is 0.326. The highest BCUT2D eigenvalue weighted by molar-refractivity contribution is 6.33. The van der Waals surface area contributed by atoms with E-state index >= 15 is 0 Å². The van der Waals surface area contributed by atoms with Gasteiger partial charge in [-0.05, 0) is 53.3 Å². The molecule has 1 aromatic heterocycles. The van der Waals surface area contributed by atoms with E-state index in [0.29, 0.717) is 22.2 Å². The number of nitrogens with zero attached hydrogens (tertiary/aromatic N) is 4. The first-order chi connectivity index (χ1) is 9.96.